The number of hydrogen-bond donors (Lipinski definition) is 1. The van der Waals surface area contributed by atoms with Crippen molar-refractivity contribution in [3.05, 3.63) is 39.9 Å². The molecule has 1 aliphatic heterocycles. The highest BCUT2D eigenvalue weighted by Gasteiger charge is 2.19. The molecule has 0 radical (unpaired) electrons. The summed E-state index contributed by atoms with van der Waals surface area (Å²) >= 11 is 0. The van der Waals surface area contributed by atoms with E-state index in [9.17, 15) is 10.1 Å². The van der Waals surface area contributed by atoms with E-state index < -0.39 is 0 Å². The zero-order chi connectivity index (χ0) is 15.2. The van der Waals surface area contributed by atoms with E-state index >= 15 is 0 Å². The molecule has 1 aromatic carbocycles. The maximum atomic E-state index is 10.9. The van der Waals surface area contributed by atoms with Crippen LogP contribution < -0.4 is 5.32 Å². The highest BCUT2D eigenvalue weighted by atomic mass is 16.6. The summed E-state index contributed by atoms with van der Waals surface area (Å²) in [6.45, 7) is 5.44. The van der Waals surface area contributed by atoms with Crippen molar-refractivity contribution >= 4 is 5.69 Å². The van der Waals surface area contributed by atoms with Gasteiger partial charge in [0.2, 0.25) is 0 Å². The summed E-state index contributed by atoms with van der Waals surface area (Å²) < 4.78 is 0. The minimum atomic E-state index is -0.326. The van der Waals surface area contributed by atoms with Gasteiger partial charge in [0.25, 0.3) is 5.69 Å². The maximum absolute atomic E-state index is 10.9. The van der Waals surface area contributed by atoms with Crippen molar-refractivity contribution in [3.8, 4) is 0 Å². The third-order valence-electron chi connectivity index (χ3n) is 4.38. The summed E-state index contributed by atoms with van der Waals surface area (Å²) in [5, 5.41) is 14.5. The molecule has 1 N–H and O–H groups in total. The van der Waals surface area contributed by atoms with Crippen LogP contribution in [0.25, 0.3) is 0 Å². The molecular formula is C16H25N3O2. The second-order valence-corrected chi connectivity index (χ2v) is 5.97. The van der Waals surface area contributed by atoms with Crippen LogP contribution in [0.15, 0.2) is 24.3 Å². The van der Waals surface area contributed by atoms with Gasteiger partial charge in [-0.3, -0.25) is 10.1 Å². The molecule has 0 spiro atoms. The van der Waals surface area contributed by atoms with Gasteiger partial charge in [0, 0.05) is 18.2 Å². The van der Waals surface area contributed by atoms with Crippen molar-refractivity contribution < 1.29 is 4.92 Å². The van der Waals surface area contributed by atoms with Gasteiger partial charge in [-0.15, -0.1) is 0 Å². The van der Waals surface area contributed by atoms with E-state index in [1.807, 2.05) is 6.07 Å². The molecule has 0 amide bonds. The summed E-state index contributed by atoms with van der Waals surface area (Å²) in [5.41, 5.74) is 1.19. The lowest BCUT2D eigenvalue weighted by Gasteiger charge is -2.30. The molecule has 0 aromatic heterocycles. The molecule has 0 aliphatic carbocycles. The summed E-state index contributed by atoms with van der Waals surface area (Å²) in [6.07, 6.45) is 3.40. The van der Waals surface area contributed by atoms with Crippen LogP contribution in [0.5, 0.6) is 0 Å². The van der Waals surface area contributed by atoms with E-state index in [4.69, 9.17) is 0 Å². The van der Waals surface area contributed by atoms with Crippen molar-refractivity contribution in [1.82, 2.24) is 10.2 Å². The van der Waals surface area contributed by atoms with Gasteiger partial charge in [0.1, 0.15) is 0 Å². The fourth-order valence-corrected chi connectivity index (χ4v) is 2.93. The Balaban J connectivity index is 1.93. The van der Waals surface area contributed by atoms with Crippen LogP contribution in [-0.2, 0) is 0 Å². The third kappa shape index (κ3) is 4.51. The molecule has 1 aliphatic rings. The second kappa shape index (κ2) is 7.52. The minimum Gasteiger partial charge on any atom is -0.310 e. The van der Waals surface area contributed by atoms with Crippen LogP contribution in [0, 0.1) is 16.0 Å². The molecule has 5 nitrogen and oxygen atoms in total. The Kier molecular flexibility index (Phi) is 5.70. The molecule has 116 valence electrons. The lowest BCUT2D eigenvalue weighted by Crippen LogP contribution is -2.36. The highest BCUT2D eigenvalue weighted by molar-refractivity contribution is 5.35. The standard InChI is InChI=1S/C16H25N3O2/c1-3-16(14-5-4-6-15(11-14)19(20)21)17-12-13-7-9-18(2)10-8-13/h4-6,11,13,16-17H,3,7-10,12H2,1-2H3. The van der Waals surface area contributed by atoms with Crippen molar-refractivity contribution in [1.29, 1.82) is 0 Å². The van der Waals surface area contributed by atoms with E-state index in [0.717, 1.165) is 18.5 Å². The second-order valence-electron chi connectivity index (χ2n) is 5.97. The first-order valence-electron chi connectivity index (χ1n) is 7.76. The predicted molar refractivity (Wildman–Crippen MR) is 84.4 cm³/mol. The number of non-ortho nitro benzene ring substituents is 1. The molecule has 5 heteroatoms. The van der Waals surface area contributed by atoms with Crippen molar-refractivity contribution in [2.45, 2.75) is 32.2 Å². The van der Waals surface area contributed by atoms with Crippen LogP contribution in [-0.4, -0.2) is 36.5 Å². The molecule has 1 atom stereocenters. The predicted octanol–water partition coefficient (Wildman–Crippen LogP) is 2.98. The molecular weight excluding hydrogens is 266 g/mol. The zero-order valence-corrected chi connectivity index (χ0v) is 12.9. The lowest BCUT2D eigenvalue weighted by atomic mass is 9.96. The van der Waals surface area contributed by atoms with Crippen LogP contribution in [0.4, 0.5) is 5.69 Å². The number of piperidine rings is 1. The van der Waals surface area contributed by atoms with Gasteiger partial charge in [0.05, 0.1) is 4.92 Å². The average Bonchev–Trinajstić information content (AvgIpc) is 2.50. The van der Waals surface area contributed by atoms with Crippen LogP contribution in [0.1, 0.15) is 37.8 Å². The normalized spacial score (nSPS) is 18.6. The molecule has 2 rings (SSSR count). The monoisotopic (exact) mass is 291 g/mol. The van der Waals surface area contributed by atoms with Crippen LogP contribution in [0.3, 0.4) is 0 Å². The number of benzene rings is 1. The number of nitro benzene ring substituents is 1. The Bertz CT molecular complexity index is 470. The van der Waals surface area contributed by atoms with Gasteiger partial charge in [-0.1, -0.05) is 19.1 Å². The first-order chi connectivity index (χ1) is 10.1. The van der Waals surface area contributed by atoms with Gasteiger partial charge in [-0.05, 0) is 57.4 Å². The molecule has 1 unspecified atom stereocenters. The van der Waals surface area contributed by atoms with E-state index in [1.54, 1.807) is 18.2 Å². The Hall–Kier alpha value is -1.46. The Morgan fingerprint density at radius 3 is 2.76 bits per heavy atom. The first kappa shape index (κ1) is 15.9. The van der Waals surface area contributed by atoms with Gasteiger partial charge >= 0.3 is 0 Å². The Labute approximate surface area is 126 Å². The van der Waals surface area contributed by atoms with Crippen LogP contribution >= 0.6 is 0 Å². The number of nitrogens with one attached hydrogen (secondary N) is 1. The smallest absolute Gasteiger partial charge is 0.269 e. The van der Waals surface area contributed by atoms with Crippen LogP contribution in [0.2, 0.25) is 0 Å². The van der Waals surface area contributed by atoms with Gasteiger partial charge < -0.3 is 10.2 Å². The van der Waals surface area contributed by atoms with E-state index in [-0.39, 0.29) is 16.7 Å². The molecule has 1 aromatic rings. The molecule has 1 fully saturated rings. The first-order valence-corrected chi connectivity index (χ1v) is 7.76. The molecule has 0 saturated carbocycles. The summed E-state index contributed by atoms with van der Waals surface area (Å²) in [7, 11) is 2.17. The Morgan fingerprint density at radius 2 is 2.14 bits per heavy atom. The highest BCUT2D eigenvalue weighted by Crippen LogP contribution is 2.23. The van der Waals surface area contributed by atoms with Crippen molar-refractivity contribution in [2.75, 3.05) is 26.7 Å². The van der Waals surface area contributed by atoms with E-state index in [0.29, 0.717) is 5.92 Å². The number of hydrogen-bond acceptors (Lipinski definition) is 4. The summed E-state index contributed by atoms with van der Waals surface area (Å²) in [6, 6.07) is 7.18. The zero-order valence-electron chi connectivity index (χ0n) is 12.9. The van der Waals surface area contributed by atoms with Gasteiger partial charge in [0.15, 0.2) is 0 Å². The number of nitro groups is 1. The number of rotatable bonds is 6. The molecule has 21 heavy (non-hydrogen) atoms. The Morgan fingerprint density at radius 1 is 1.43 bits per heavy atom. The fourth-order valence-electron chi connectivity index (χ4n) is 2.93. The van der Waals surface area contributed by atoms with Gasteiger partial charge in [-0.2, -0.15) is 0 Å². The molecule has 0 bridgehead atoms. The summed E-state index contributed by atoms with van der Waals surface area (Å²) in [5.74, 6) is 0.717. The average molecular weight is 291 g/mol. The third-order valence-corrected chi connectivity index (χ3v) is 4.38. The number of likely N-dealkylation sites (tertiary alicyclic amines) is 1. The summed E-state index contributed by atoms with van der Waals surface area (Å²) in [4.78, 5) is 12.9. The van der Waals surface area contributed by atoms with E-state index in [2.05, 4.69) is 24.2 Å². The fraction of sp³-hybridized carbons (Fsp3) is 0.625. The van der Waals surface area contributed by atoms with Crippen molar-refractivity contribution in [2.24, 2.45) is 5.92 Å². The SMILES string of the molecule is CCC(NCC1CCN(C)CC1)c1cccc([N+](=O)[O-])c1. The topological polar surface area (TPSA) is 58.4 Å². The molecule has 1 heterocycles. The van der Waals surface area contributed by atoms with Crippen molar-refractivity contribution in [3.63, 3.8) is 0 Å². The minimum absolute atomic E-state index is 0.173. The van der Waals surface area contributed by atoms with Gasteiger partial charge in [-0.25, -0.2) is 0 Å². The largest absolute Gasteiger partial charge is 0.310 e. The number of nitrogens with zero attached hydrogens (tertiary/aromatic N) is 2. The van der Waals surface area contributed by atoms with E-state index in [1.165, 1.54) is 25.9 Å². The quantitative estimate of drug-likeness (QED) is 0.646. The lowest BCUT2D eigenvalue weighted by molar-refractivity contribution is -0.384. The maximum Gasteiger partial charge on any atom is 0.269 e. The molecule has 1 saturated heterocycles.